The Balaban J connectivity index is 0.000000556. The zero-order chi connectivity index (χ0) is 98.9. The highest BCUT2D eigenvalue weighted by molar-refractivity contribution is 5.95. The third-order valence-electron chi connectivity index (χ3n) is 19.3. The van der Waals surface area contributed by atoms with Crippen LogP contribution in [0.2, 0.25) is 0 Å². The van der Waals surface area contributed by atoms with Crippen molar-refractivity contribution in [1.29, 1.82) is 0 Å². The van der Waals surface area contributed by atoms with Crippen LogP contribution >= 0.6 is 0 Å². The molecule has 2 aliphatic heterocycles. The second kappa shape index (κ2) is 57.1. The van der Waals surface area contributed by atoms with Crippen LogP contribution in [0, 0.1) is 19.8 Å². The first kappa shape index (κ1) is 116. The van der Waals surface area contributed by atoms with Crippen LogP contribution in [-0.4, -0.2) is 212 Å². The summed E-state index contributed by atoms with van der Waals surface area (Å²) in [4.78, 5) is 168. The number of nitrogens with one attached hydrogen (secondary N) is 4. The van der Waals surface area contributed by atoms with Crippen molar-refractivity contribution in [2.45, 2.75) is 341 Å². The molecule has 0 bridgehead atoms. The van der Waals surface area contributed by atoms with Gasteiger partial charge in [0, 0.05) is 79.0 Å². The Labute approximate surface area is 769 Å². The Hall–Kier alpha value is -12.3. The van der Waals surface area contributed by atoms with E-state index in [1.807, 2.05) is 90.0 Å². The van der Waals surface area contributed by atoms with Gasteiger partial charge >= 0.3 is 42.4 Å². The minimum atomic E-state index is -1.09. The van der Waals surface area contributed by atoms with Crippen molar-refractivity contribution in [3.05, 3.63) is 86.7 Å². The fourth-order valence-electron chi connectivity index (χ4n) is 12.5. The zero-order valence-electron chi connectivity index (χ0n) is 80.6. The monoisotopic (exact) mass is 1860 g/mol. The summed E-state index contributed by atoms with van der Waals surface area (Å²) in [7, 11) is 3.86. The van der Waals surface area contributed by atoms with Gasteiger partial charge in [-0.2, -0.15) is 19.2 Å². The molecule has 0 spiro atoms. The molecule has 7 aromatic heterocycles. The lowest BCUT2D eigenvalue weighted by molar-refractivity contribution is -0.193. The lowest BCUT2D eigenvalue weighted by Gasteiger charge is -2.25. The zero-order valence-corrected chi connectivity index (χ0v) is 80.6. The first-order chi connectivity index (χ1) is 62.0. The molecule has 9 heterocycles. The number of carbonyl (C=O) groups is 8. The molecule has 10 unspecified atom stereocenters. The number of ketones is 1. The van der Waals surface area contributed by atoms with Gasteiger partial charge in [0.15, 0.2) is 58.1 Å². The number of hydrogen-bond acceptors (Lipinski definition) is 38. The number of aromatic nitrogens is 7. The molecule has 132 heavy (non-hydrogen) atoms. The van der Waals surface area contributed by atoms with Crippen molar-refractivity contribution < 1.29 is 137 Å². The number of oxazole rings is 7. The summed E-state index contributed by atoms with van der Waals surface area (Å²) in [5, 5.41) is 40.7. The van der Waals surface area contributed by atoms with Gasteiger partial charge in [-0.3, -0.25) is 19.2 Å². The van der Waals surface area contributed by atoms with Crippen LogP contribution in [0.5, 0.6) is 0 Å². The standard InChI is InChI=1S/C22H34N4O6.C22H30N4O5.C15H27NO6.C14H22N2O4.C14H18N2O4.2CO2.B/c1-8-13(27)17(20-24-12(4)14(9-2)31-20)26-19(28)18-15(10-3)30-16(25-18)11-23-21(29)32-22(5,6)7;1-8-13-12(4)24-19(29-13)18-15(10-3)30-20(26-18)17-14(9-2)28-16(25-17)11-23-21(27)31-22(5,6)7;1-5-10(17)9(15(21)22-4)8-12(19)14(11(18)6-2)16-13(20)7-3;2*1-5-8-11(15-10(7-3)19-8)13-16-12(14(17)18-4)9(6-2)20-13;2*2-1-3;/h13,17,27H,8-11H2,1-7H3,(H,23,29)(H,26,28);8-11H2,1-7H3,(H,23,27);9-11,14,17-18H,5-8H2,1-4H3,(H,16,20);8-9,11-12H,5-7H2,1-4H3;5-7H2,1-4H3;;;. The number of ether oxygens (including phenoxy) is 7. The summed E-state index contributed by atoms with van der Waals surface area (Å²) in [6.45, 7) is 42.8. The maximum Gasteiger partial charge on any atom is 0.408 e. The third-order valence-corrected chi connectivity index (χ3v) is 19.3. The highest BCUT2D eigenvalue weighted by Crippen LogP contribution is 2.35. The number of aliphatic imine (C=N–C) groups is 2. The van der Waals surface area contributed by atoms with Crippen LogP contribution in [0.15, 0.2) is 40.9 Å². The fourth-order valence-corrected chi connectivity index (χ4v) is 12.5. The largest absolute Gasteiger partial charge is 0.475 e. The van der Waals surface area contributed by atoms with Crippen LogP contribution < -0.4 is 21.3 Å². The van der Waals surface area contributed by atoms with E-state index in [4.69, 9.17) is 78.5 Å². The number of esters is 3. The molecule has 0 fully saturated rings. The molecule has 42 nitrogen and oxygen atoms in total. The van der Waals surface area contributed by atoms with Gasteiger partial charge < -0.3 is 101 Å². The summed E-state index contributed by atoms with van der Waals surface area (Å²) in [6, 6.07) is -2.75. The highest BCUT2D eigenvalue weighted by Gasteiger charge is 2.44. The van der Waals surface area contributed by atoms with E-state index in [1.54, 1.807) is 69.2 Å². The van der Waals surface area contributed by atoms with Gasteiger partial charge in [0.05, 0.1) is 70.0 Å². The summed E-state index contributed by atoms with van der Waals surface area (Å²) in [5.41, 5.74) is 2.27. The molecule has 2 aliphatic rings. The Morgan fingerprint density at radius 3 is 1.36 bits per heavy atom. The molecule has 0 saturated carbocycles. The number of Topliss-reactive ketones (excluding diaryl/α,β-unsaturated/α-hetero) is 1. The molecule has 9 rings (SSSR count). The molecular weight excluding hydrogens is 1730 g/mol. The highest BCUT2D eigenvalue weighted by atomic mass is 16.6. The number of amides is 4. The first-order valence-electron chi connectivity index (χ1n) is 43.8. The van der Waals surface area contributed by atoms with E-state index in [-0.39, 0.29) is 113 Å². The number of hydrogen-bond donors (Lipinski definition) is 7. The van der Waals surface area contributed by atoms with Crippen LogP contribution in [0.25, 0.3) is 34.8 Å². The van der Waals surface area contributed by atoms with Crippen molar-refractivity contribution in [2.24, 2.45) is 15.9 Å². The minimum Gasteiger partial charge on any atom is -0.475 e. The Morgan fingerprint density at radius 2 is 0.909 bits per heavy atom. The lowest BCUT2D eigenvalue weighted by atomic mass is 9.90. The Morgan fingerprint density at radius 1 is 0.462 bits per heavy atom. The summed E-state index contributed by atoms with van der Waals surface area (Å²) < 4.78 is 76.4. The molecule has 3 radical (unpaired) electrons. The van der Waals surface area contributed by atoms with Gasteiger partial charge in [0.25, 0.3) is 5.91 Å². The molecule has 7 aromatic rings. The summed E-state index contributed by atoms with van der Waals surface area (Å²) in [6.07, 6.45) is 4.12. The van der Waals surface area contributed by atoms with Gasteiger partial charge in [0.1, 0.15) is 75.8 Å². The van der Waals surface area contributed by atoms with Crippen LogP contribution in [0.1, 0.15) is 299 Å². The number of nitrogens with zero attached hydrogens (tertiary/aromatic N) is 9. The average molecular weight is 1860 g/mol. The van der Waals surface area contributed by atoms with Crippen LogP contribution in [0.3, 0.4) is 0 Å². The predicted molar refractivity (Wildman–Crippen MR) is 472 cm³/mol. The van der Waals surface area contributed by atoms with Gasteiger partial charge in [-0.25, -0.2) is 64.1 Å². The van der Waals surface area contributed by atoms with Crippen molar-refractivity contribution in [1.82, 2.24) is 56.2 Å². The minimum absolute atomic E-state index is 0. The van der Waals surface area contributed by atoms with Crippen molar-refractivity contribution in [3.63, 3.8) is 0 Å². The molecular formula is C89H131BN13O29. The van der Waals surface area contributed by atoms with Gasteiger partial charge in [-0.15, -0.1) is 0 Å². The van der Waals surface area contributed by atoms with Gasteiger partial charge in [-0.1, -0.05) is 104 Å². The fraction of sp³-hybridized carbons (Fsp3) is 0.629. The van der Waals surface area contributed by atoms with Gasteiger partial charge in [0.2, 0.25) is 47.1 Å². The maximum absolute atomic E-state index is 13.0. The van der Waals surface area contributed by atoms with E-state index in [0.29, 0.717) is 145 Å². The molecule has 4 amide bonds. The molecule has 0 aliphatic carbocycles. The lowest BCUT2D eigenvalue weighted by Crippen LogP contribution is -2.49. The molecule has 729 valence electrons. The quantitative estimate of drug-likeness (QED) is 0.0109. The van der Waals surface area contributed by atoms with E-state index in [2.05, 4.69) is 70.9 Å². The average Bonchev–Trinajstić information content (AvgIpc) is 1.64. The van der Waals surface area contributed by atoms with Crippen LogP contribution in [0.4, 0.5) is 9.59 Å². The molecule has 10 atom stereocenters. The second-order valence-corrected chi connectivity index (χ2v) is 31.0. The summed E-state index contributed by atoms with van der Waals surface area (Å²) in [5.74, 6) is 4.14. The smallest absolute Gasteiger partial charge is 0.408 e. The van der Waals surface area contributed by atoms with Crippen molar-refractivity contribution in [2.75, 3.05) is 21.3 Å². The molecule has 0 aromatic carbocycles. The number of aryl methyl sites for hydroxylation is 10. The number of methoxy groups -OCH3 is 3. The molecule has 7 N–H and O–H groups in total. The van der Waals surface area contributed by atoms with E-state index in [0.717, 1.165) is 42.3 Å². The van der Waals surface area contributed by atoms with Gasteiger partial charge in [-0.05, 0) is 87.5 Å². The predicted octanol–water partition coefficient (Wildman–Crippen LogP) is 11.5. The van der Waals surface area contributed by atoms with E-state index < -0.39 is 89.4 Å². The molecule has 43 heteroatoms. The third kappa shape index (κ3) is 34.4. The number of alkyl carbamates (subject to hydrolysis) is 2. The van der Waals surface area contributed by atoms with E-state index in [9.17, 15) is 53.7 Å². The SMILES string of the molecule is CCC(=O)NC(C(=O)CC(C(=O)OC)C(O)CC)C(O)CC.CCC1=NC(C2=NC(C(=O)OC)C(CC)O2)C(CC)O1.CCc1nc(-c2nc(C(=O)OC)c(CC)o2)c(CC)o1.CCc1oc(-c2nc(-c3nc(CNC(=O)OC(C)(C)C)oc3CC)oc2CC)nc1C.CCc1oc(C(NC(=O)c2nc(CNC(=O)OC(C)(C)C)oc2CC)C(O)CC)nc1C.O=C=O.O=C=O.[B]. The second-order valence-electron chi connectivity index (χ2n) is 31.0. The normalized spacial score (nSPS) is 15.4. The molecule has 0 saturated heterocycles. The Bertz CT molecular complexity index is 4930. The summed E-state index contributed by atoms with van der Waals surface area (Å²) >= 11 is 0. The van der Waals surface area contributed by atoms with E-state index >= 15 is 0 Å². The maximum atomic E-state index is 13.0. The van der Waals surface area contributed by atoms with Crippen molar-refractivity contribution in [3.8, 4) is 34.8 Å². The first-order valence-corrected chi connectivity index (χ1v) is 43.8. The number of carbonyl (C=O) groups excluding carboxylic acids is 12. The van der Waals surface area contributed by atoms with Crippen molar-refractivity contribution >= 4 is 80.2 Å². The topological polar surface area (TPSA) is 585 Å². The number of rotatable bonds is 36. The Kier molecular flexibility index (Phi) is 50.1. The number of aliphatic hydroxyl groups excluding tert-OH is 3. The number of aliphatic hydroxyl groups is 3. The van der Waals surface area contributed by atoms with Crippen LogP contribution in [-0.2, 0) is 136 Å². The van der Waals surface area contributed by atoms with E-state index in [1.165, 1.54) is 21.3 Å².